The van der Waals surface area contributed by atoms with Crippen molar-refractivity contribution in [2.75, 3.05) is 9.62 Å². The van der Waals surface area contributed by atoms with E-state index >= 15 is 0 Å². The van der Waals surface area contributed by atoms with Gasteiger partial charge in [-0.3, -0.25) is 9.10 Å². The van der Waals surface area contributed by atoms with Gasteiger partial charge in [-0.05, 0) is 48.9 Å². The van der Waals surface area contributed by atoms with E-state index in [-0.39, 0.29) is 22.9 Å². The van der Waals surface area contributed by atoms with E-state index in [9.17, 15) is 17.6 Å². The molecule has 5 rings (SSSR count). The van der Waals surface area contributed by atoms with Crippen LogP contribution < -0.4 is 9.62 Å². The minimum atomic E-state index is -3.90. The number of nitrogens with one attached hydrogen (secondary N) is 1. The first kappa shape index (κ1) is 19.8. The van der Waals surface area contributed by atoms with Crippen LogP contribution in [0.15, 0.2) is 77.7 Å². The Hall–Kier alpha value is -3.19. The Morgan fingerprint density at radius 3 is 2.35 bits per heavy atom. The molecule has 2 aliphatic rings. The molecule has 3 aromatic rings. The fourth-order valence-electron chi connectivity index (χ4n) is 4.63. The number of hydrogen-bond donors (Lipinski definition) is 1. The van der Waals surface area contributed by atoms with Crippen LogP contribution in [0.5, 0.6) is 0 Å². The number of nitrogens with zero attached hydrogens (tertiary/aromatic N) is 1. The van der Waals surface area contributed by atoms with E-state index in [1.807, 2.05) is 19.1 Å². The van der Waals surface area contributed by atoms with E-state index < -0.39 is 28.0 Å². The maximum atomic E-state index is 13.7. The molecule has 0 spiro atoms. The van der Waals surface area contributed by atoms with Crippen molar-refractivity contribution in [2.45, 2.75) is 36.2 Å². The summed E-state index contributed by atoms with van der Waals surface area (Å²) in [6.45, 7) is 1.90. The predicted molar refractivity (Wildman–Crippen MR) is 117 cm³/mol. The number of carbonyl (C=O) groups is 1. The highest BCUT2D eigenvalue weighted by Crippen LogP contribution is 2.46. The molecular weight excluding hydrogens is 415 g/mol. The lowest BCUT2D eigenvalue weighted by Crippen LogP contribution is -2.52. The lowest BCUT2D eigenvalue weighted by molar-refractivity contribution is -0.118. The summed E-state index contributed by atoms with van der Waals surface area (Å²) in [4.78, 5) is 13.3. The van der Waals surface area contributed by atoms with Crippen LogP contribution >= 0.6 is 0 Å². The molecule has 0 amide bonds. The summed E-state index contributed by atoms with van der Waals surface area (Å²) in [6.07, 6.45) is 0.0825. The largest absolute Gasteiger partial charge is 0.377 e. The highest BCUT2D eigenvalue weighted by Gasteiger charge is 2.52. The Morgan fingerprint density at radius 2 is 1.65 bits per heavy atom. The quantitative estimate of drug-likeness (QED) is 0.667. The van der Waals surface area contributed by atoms with Crippen molar-refractivity contribution in [3.63, 3.8) is 0 Å². The van der Waals surface area contributed by atoms with Crippen LogP contribution in [-0.4, -0.2) is 26.3 Å². The molecule has 3 atom stereocenters. The van der Waals surface area contributed by atoms with Gasteiger partial charge in [0.05, 0.1) is 34.3 Å². The van der Waals surface area contributed by atoms with Gasteiger partial charge >= 0.3 is 0 Å². The summed E-state index contributed by atoms with van der Waals surface area (Å²) in [5, 5.41) is 3.39. The topological polar surface area (TPSA) is 66.5 Å². The molecule has 5 nitrogen and oxygen atoms in total. The number of ketones is 1. The molecule has 1 aliphatic carbocycles. The third kappa shape index (κ3) is 3.20. The van der Waals surface area contributed by atoms with Gasteiger partial charge in [-0.1, -0.05) is 42.0 Å². The molecule has 1 N–H and O–H groups in total. The lowest BCUT2D eigenvalue weighted by Gasteiger charge is -2.41. The molecule has 1 aliphatic heterocycles. The molecule has 31 heavy (non-hydrogen) atoms. The van der Waals surface area contributed by atoms with Gasteiger partial charge in [0.15, 0.2) is 0 Å². The van der Waals surface area contributed by atoms with Crippen LogP contribution in [0, 0.1) is 12.7 Å². The molecule has 158 valence electrons. The first-order chi connectivity index (χ1) is 14.9. The SMILES string of the molecule is Cc1ccc(S(=O)(=O)N2c3ccccc3NC3C(c4ccc(F)cc4)C(=O)CC32)cc1. The van der Waals surface area contributed by atoms with Gasteiger partial charge in [0.2, 0.25) is 0 Å². The standard InChI is InChI=1S/C24H21FN2O3S/c1-15-6-12-18(13-7-15)31(29,30)27-20-5-3-2-4-19(20)26-24-21(27)14-22(28)23(24)16-8-10-17(25)11-9-16/h2-13,21,23-24,26H,14H2,1H3. The number of carbonyl (C=O) groups excluding carboxylic acids is 1. The first-order valence-electron chi connectivity index (χ1n) is 10.1. The van der Waals surface area contributed by atoms with E-state index in [4.69, 9.17) is 0 Å². The van der Waals surface area contributed by atoms with E-state index in [2.05, 4.69) is 5.32 Å². The second-order valence-electron chi connectivity index (χ2n) is 8.07. The number of sulfonamides is 1. The van der Waals surface area contributed by atoms with Gasteiger partial charge in [0, 0.05) is 6.42 Å². The summed E-state index contributed by atoms with van der Waals surface area (Å²) in [7, 11) is -3.90. The van der Waals surface area contributed by atoms with Crippen molar-refractivity contribution < 1.29 is 17.6 Å². The van der Waals surface area contributed by atoms with Crippen LogP contribution in [0.25, 0.3) is 0 Å². The van der Waals surface area contributed by atoms with Crippen molar-refractivity contribution in [3.8, 4) is 0 Å². The highest BCUT2D eigenvalue weighted by molar-refractivity contribution is 7.92. The Kier molecular flexibility index (Phi) is 4.59. The molecule has 0 radical (unpaired) electrons. The second-order valence-corrected chi connectivity index (χ2v) is 9.88. The summed E-state index contributed by atoms with van der Waals surface area (Å²) in [6, 6.07) is 18.7. The Balaban J connectivity index is 1.64. The number of Topliss-reactive ketones (excluding diaryl/α,β-unsaturated/α-hetero) is 1. The minimum absolute atomic E-state index is 0.0639. The maximum Gasteiger partial charge on any atom is 0.264 e. The van der Waals surface area contributed by atoms with Gasteiger partial charge in [-0.2, -0.15) is 0 Å². The normalized spacial score (nSPS) is 22.6. The molecule has 7 heteroatoms. The molecule has 3 aromatic carbocycles. The Labute approximate surface area is 180 Å². The molecule has 1 fully saturated rings. The van der Waals surface area contributed by atoms with Crippen molar-refractivity contribution in [1.29, 1.82) is 0 Å². The van der Waals surface area contributed by atoms with Crippen molar-refractivity contribution in [3.05, 3.63) is 89.7 Å². The van der Waals surface area contributed by atoms with Crippen molar-refractivity contribution in [1.82, 2.24) is 0 Å². The summed E-state index contributed by atoms with van der Waals surface area (Å²) in [5.41, 5.74) is 2.82. The van der Waals surface area contributed by atoms with Gasteiger partial charge in [-0.25, -0.2) is 12.8 Å². The van der Waals surface area contributed by atoms with Gasteiger partial charge in [0.1, 0.15) is 11.6 Å². The smallest absolute Gasteiger partial charge is 0.264 e. The van der Waals surface area contributed by atoms with E-state index in [0.29, 0.717) is 16.9 Å². The number of anilines is 2. The summed E-state index contributed by atoms with van der Waals surface area (Å²) in [5.74, 6) is -1.00. The molecule has 0 saturated heterocycles. The number of aryl methyl sites for hydroxylation is 1. The van der Waals surface area contributed by atoms with Crippen LogP contribution in [0.2, 0.25) is 0 Å². The molecule has 1 saturated carbocycles. The van der Waals surface area contributed by atoms with Gasteiger partial charge in [0.25, 0.3) is 10.0 Å². The Bertz CT molecular complexity index is 1260. The zero-order valence-electron chi connectivity index (χ0n) is 16.8. The van der Waals surface area contributed by atoms with Gasteiger partial charge < -0.3 is 5.32 Å². The molecule has 0 aromatic heterocycles. The highest BCUT2D eigenvalue weighted by atomic mass is 32.2. The maximum absolute atomic E-state index is 13.7. The molecule has 0 bridgehead atoms. The van der Waals surface area contributed by atoms with E-state index in [1.165, 1.54) is 16.4 Å². The van der Waals surface area contributed by atoms with Crippen LogP contribution in [0.3, 0.4) is 0 Å². The minimum Gasteiger partial charge on any atom is -0.377 e. The first-order valence-corrected chi connectivity index (χ1v) is 11.5. The van der Waals surface area contributed by atoms with Crippen molar-refractivity contribution in [2.24, 2.45) is 0 Å². The number of para-hydroxylation sites is 2. The van der Waals surface area contributed by atoms with Crippen LogP contribution in [0.4, 0.5) is 15.8 Å². The zero-order valence-corrected chi connectivity index (χ0v) is 17.6. The monoisotopic (exact) mass is 436 g/mol. The summed E-state index contributed by atoms with van der Waals surface area (Å²) < 4.78 is 42.3. The van der Waals surface area contributed by atoms with Crippen molar-refractivity contribution >= 4 is 27.2 Å². The number of benzene rings is 3. The fourth-order valence-corrected chi connectivity index (χ4v) is 6.32. The van der Waals surface area contributed by atoms with Crippen LogP contribution in [0.1, 0.15) is 23.5 Å². The predicted octanol–water partition coefficient (Wildman–Crippen LogP) is 4.25. The molecule has 1 heterocycles. The number of hydrogen-bond acceptors (Lipinski definition) is 4. The van der Waals surface area contributed by atoms with E-state index in [1.54, 1.807) is 48.5 Å². The van der Waals surface area contributed by atoms with Gasteiger partial charge in [-0.15, -0.1) is 0 Å². The zero-order chi connectivity index (χ0) is 21.8. The average Bonchev–Trinajstić information content (AvgIpc) is 3.07. The van der Waals surface area contributed by atoms with Crippen LogP contribution in [-0.2, 0) is 14.8 Å². The number of rotatable bonds is 3. The average molecular weight is 437 g/mol. The molecular formula is C24H21FN2O3S. The lowest BCUT2D eigenvalue weighted by atomic mass is 9.91. The Morgan fingerprint density at radius 1 is 0.968 bits per heavy atom. The number of halogens is 1. The third-order valence-electron chi connectivity index (χ3n) is 6.10. The second kappa shape index (κ2) is 7.20. The number of fused-ring (bicyclic) bond motifs is 2. The summed E-state index contributed by atoms with van der Waals surface area (Å²) >= 11 is 0. The fraction of sp³-hybridized carbons (Fsp3) is 0.208. The molecule has 3 unspecified atom stereocenters. The van der Waals surface area contributed by atoms with E-state index in [0.717, 1.165) is 5.56 Å². The third-order valence-corrected chi connectivity index (χ3v) is 7.96.